The second-order valence-electron chi connectivity index (χ2n) is 2.86. The first-order chi connectivity index (χ1) is 7.40. The van der Waals surface area contributed by atoms with Crippen LogP contribution in [0.4, 0.5) is 0 Å². The molecule has 0 unspecified atom stereocenters. The van der Waals surface area contributed by atoms with Crippen molar-refractivity contribution in [2.24, 2.45) is 5.11 Å². The highest BCUT2D eigenvalue weighted by molar-refractivity contribution is 5.79. The summed E-state index contributed by atoms with van der Waals surface area (Å²) in [5.41, 5.74) is 9.92. The van der Waals surface area contributed by atoms with Crippen LogP contribution in [0.5, 0.6) is 0 Å². The van der Waals surface area contributed by atoms with Crippen molar-refractivity contribution in [1.82, 2.24) is 10.2 Å². The highest BCUT2D eigenvalue weighted by Crippen LogP contribution is 2.11. The molecule has 1 N–H and O–H groups in total. The Morgan fingerprint density at radius 3 is 3.33 bits per heavy atom. The number of hydrogen-bond acceptors (Lipinski definition) is 2. The lowest BCUT2D eigenvalue weighted by molar-refractivity contribution is 1.12. The Kier molecular flexibility index (Phi) is 2.54. The molecular formula is C10H7N5. The molecule has 5 nitrogen and oxygen atoms in total. The molecule has 0 amide bonds. The van der Waals surface area contributed by atoms with Gasteiger partial charge in [0.1, 0.15) is 0 Å². The average molecular weight is 197 g/mol. The van der Waals surface area contributed by atoms with E-state index in [0.29, 0.717) is 0 Å². The summed E-state index contributed by atoms with van der Waals surface area (Å²) in [6.45, 7) is 0.194. The number of rotatable bonds is 1. The van der Waals surface area contributed by atoms with Gasteiger partial charge in [-0.3, -0.25) is 5.10 Å². The van der Waals surface area contributed by atoms with E-state index in [9.17, 15) is 0 Å². The maximum Gasteiger partial charge on any atom is 0.0880 e. The number of aromatic nitrogens is 2. The zero-order valence-corrected chi connectivity index (χ0v) is 7.81. The zero-order valence-electron chi connectivity index (χ0n) is 7.81. The van der Waals surface area contributed by atoms with Gasteiger partial charge in [0.05, 0.1) is 18.3 Å². The highest BCUT2D eigenvalue weighted by atomic mass is 15.1. The van der Waals surface area contributed by atoms with Gasteiger partial charge in [0.25, 0.3) is 0 Å². The molecule has 0 atom stereocenters. The minimum Gasteiger partial charge on any atom is -0.278 e. The van der Waals surface area contributed by atoms with Crippen LogP contribution in [0.15, 0.2) is 29.5 Å². The largest absolute Gasteiger partial charge is 0.278 e. The minimum atomic E-state index is 0.194. The fraction of sp³-hybridized carbons (Fsp3) is 0.100. The molecule has 0 aliphatic rings. The zero-order chi connectivity index (χ0) is 10.5. The molecule has 2 aromatic rings. The molecule has 1 heterocycles. The fourth-order valence-electron chi connectivity index (χ4n) is 1.23. The second-order valence-corrected chi connectivity index (χ2v) is 2.86. The summed E-state index contributed by atoms with van der Waals surface area (Å²) < 4.78 is 0. The number of nitrogens with zero attached hydrogens (tertiary/aromatic N) is 4. The number of fused-ring (bicyclic) bond motifs is 1. The lowest BCUT2D eigenvalue weighted by atomic mass is 10.2. The number of azide groups is 1. The second kappa shape index (κ2) is 4.18. The topological polar surface area (TPSA) is 77.4 Å². The van der Waals surface area contributed by atoms with Gasteiger partial charge in [0, 0.05) is 15.9 Å². The van der Waals surface area contributed by atoms with Gasteiger partial charge in [0.15, 0.2) is 0 Å². The molecule has 72 valence electrons. The van der Waals surface area contributed by atoms with E-state index in [1.807, 2.05) is 18.2 Å². The maximum atomic E-state index is 8.06. The van der Waals surface area contributed by atoms with Gasteiger partial charge in [-0.2, -0.15) is 5.10 Å². The van der Waals surface area contributed by atoms with Crippen LogP contribution in [0.2, 0.25) is 0 Å². The summed E-state index contributed by atoms with van der Waals surface area (Å²) in [5, 5.41) is 11.1. The number of H-pyrrole nitrogens is 1. The van der Waals surface area contributed by atoms with Crippen molar-refractivity contribution in [2.75, 3.05) is 6.54 Å². The molecule has 15 heavy (non-hydrogen) atoms. The molecule has 0 spiro atoms. The summed E-state index contributed by atoms with van der Waals surface area (Å²) in [4.78, 5) is 2.62. The van der Waals surface area contributed by atoms with Gasteiger partial charge < -0.3 is 0 Å². The minimum absolute atomic E-state index is 0.194. The van der Waals surface area contributed by atoms with Gasteiger partial charge in [-0.05, 0) is 23.7 Å². The Hall–Kier alpha value is -2.44. The van der Waals surface area contributed by atoms with Crippen LogP contribution in [0, 0.1) is 11.8 Å². The van der Waals surface area contributed by atoms with Crippen LogP contribution in [-0.2, 0) is 0 Å². The lowest BCUT2D eigenvalue weighted by Gasteiger charge is -1.89. The van der Waals surface area contributed by atoms with E-state index in [0.717, 1.165) is 16.5 Å². The molecule has 1 aromatic heterocycles. The van der Waals surface area contributed by atoms with Crippen molar-refractivity contribution in [3.05, 3.63) is 40.4 Å². The van der Waals surface area contributed by atoms with Gasteiger partial charge >= 0.3 is 0 Å². The molecule has 0 bridgehead atoms. The summed E-state index contributed by atoms with van der Waals surface area (Å²) >= 11 is 0. The van der Waals surface area contributed by atoms with Crippen molar-refractivity contribution in [3.63, 3.8) is 0 Å². The van der Waals surface area contributed by atoms with Gasteiger partial charge in [0.2, 0.25) is 0 Å². The van der Waals surface area contributed by atoms with Crippen LogP contribution < -0.4 is 0 Å². The monoisotopic (exact) mass is 197 g/mol. The quantitative estimate of drug-likeness (QED) is 0.323. The molecule has 0 aliphatic heterocycles. The van der Waals surface area contributed by atoms with Gasteiger partial charge in [-0.15, -0.1) is 0 Å². The SMILES string of the molecule is [N-]=[N+]=NCC#Cc1ccc2[nH]ncc2c1. The van der Waals surface area contributed by atoms with Crippen molar-refractivity contribution in [1.29, 1.82) is 0 Å². The Balaban J connectivity index is 2.26. The van der Waals surface area contributed by atoms with Crippen LogP contribution >= 0.6 is 0 Å². The maximum absolute atomic E-state index is 8.06. The first-order valence-electron chi connectivity index (χ1n) is 4.33. The number of aromatic amines is 1. The van der Waals surface area contributed by atoms with Crippen LogP contribution in [0.25, 0.3) is 21.3 Å². The lowest BCUT2D eigenvalue weighted by Crippen LogP contribution is -1.75. The third-order valence-corrected chi connectivity index (χ3v) is 1.89. The standard InChI is InChI=1S/C10H7N5/c11-15-12-5-1-2-8-3-4-10-9(6-8)7-13-14-10/h3-4,6-7H,5H2,(H,13,14). The van der Waals surface area contributed by atoms with E-state index >= 15 is 0 Å². The summed E-state index contributed by atoms with van der Waals surface area (Å²) in [6, 6.07) is 5.74. The summed E-state index contributed by atoms with van der Waals surface area (Å²) in [5.74, 6) is 5.66. The summed E-state index contributed by atoms with van der Waals surface area (Å²) in [6.07, 6.45) is 1.74. The van der Waals surface area contributed by atoms with Crippen LogP contribution in [0.3, 0.4) is 0 Å². The number of benzene rings is 1. The molecule has 1 aromatic carbocycles. The molecule has 0 fully saturated rings. The van der Waals surface area contributed by atoms with Crippen LogP contribution in [-0.4, -0.2) is 16.7 Å². The predicted molar refractivity (Wildman–Crippen MR) is 57.0 cm³/mol. The van der Waals surface area contributed by atoms with E-state index in [-0.39, 0.29) is 6.54 Å². The first-order valence-corrected chi connectivity index (χ1v) is 4.33. The first kappa shape index (κ1) is 9.13. The third-order valence-electron chi connectivity index (χ3n) is 1.89. The molecule has 0 radical (unpaired) electrons. The van der Waals surface area contributed by atoms with Crippen molar-refractivity contribution < 1.29 is 0 Å². The van der Waals surface area contributed by atoms with Crippen molar-refractivity contribution in [2.45, 2.75) is 0 Å². The number of hydrogen-bond donors (Lipinski definition) is 1. The molecule has 5 heteroatoms. The van der Waals surface area contributed by atoms with Crippen LogP contribution in [0.1, 0.15) is 5.56 Å². The Morgan fingerprint density at radius 2 is 2.47 bits per heavy atom. The van der Waals surface area contributed by atoms with E-state index in [2.05, 4.69) is 32.1 Å². The molecule has 0 saturated carbocycles. The van der Waals surface area contributed by atoms with E-state index in [1.54, 1.807) is 6.20 Å². The van der Waals surface area contributed by atoms with Crippen molar-refractivity contribution in [3.8, 4) is 11.8 Å². The molecule has 0 saturated heterocycles. The molecular weight excluding hydrogens is 190 g/mol. The number of nitrogens with one attached hydrogen (secondary N) is 1. The van der Waals surface area contributed by atoms with Gasteiger partial charge in [-0.25, -0.2) is 0 Å². The Bertz CT molecular complexity index is 580. The molecule has 0 aliphatic carbocycles. The van der Waals surface area contributed by atoms with Crippen molar-refractivity contribution >= 4 is 10.9 Å². The Labute approximate surface area is 85.7 Å². The Morgan fingerprint density at radius 1 is 1.53 bits per heavy atom. The smallest absolute Gasteiger partial charge is 0.0880 e. The third kappa shape index (κ3) is 2.08. The van der Waals surface area contributed by atoms with Gasteiger partial charge in [-0.1, -0.05) is 17.0 Å². The molecule has 2 rings (SSSR count). The average Bonchev–Trinajstić information content (AvgIpc) is 2.71. The highest BCUT2D eigenvalue weighted by Gasteiger charge is 1.94. The summed E-state index contributed by atoms with van der Waals surface area (Å²) in [7, 11) is 0. The van der Waals surface area contributed by atoms with E-state index in [4.69, 9.17) is 5.53 Å². The van der Waals surface area contributed by atoms with E-state index < -0.39 is 0 Å². The normalized spacial score (nSPS) is 9.07. The predicted octanol–water partition coefficient (Wildman–Crippen LogP) is 2.22. The fourth-order valence-corrected chi connectivity index (χ4v) is 1.23. The van der Waals surface area contributed by atoms with E-state index in [1.165, 1.54) is 0 Å².